The molecule has 2 amide bonds. The average Bonchev–Trinajstić information content (AvgIpc) is 3.79. The van der Waals surface area contributed by atoms with E-state index in [1.165, 1.54) is 11.3 Å². The molecule has 14 nitrogen and oxygen atoms in total. The van der Waals surface area contributed by atoms with Crippen LogP contribution >= 0.6 is 11.3 Å². The molecule has 3 aromatic heterocycles. The van der Waals surface area contributed by atoms with Gasteiger partial charge in [-0.2, -0.15) is 10.2 Å². The molecule has 0 spiro atoms. The molecule has 2 N–H and O–H groups in total. The molecule has 1 aliphatic carbocycles. The molecule has 53 heavy (non-hydrogen) atoms. The number of hydrogen-bond donors (Lipinski definition) is 1. The Bertz CT molecular complexity index is 2000. The third-order valence-electron chi connectivity index (χ3n) is 10.0. The SMILES string of the molecule is CC(C)(C)OC(=O)N1CCN(c2cc(N3CCN(C(=O)OCc4ccccc4)CC3)cc(-c3noc(C4(C)CCCc5sc(N)c(C#N)c54)n3)n2)CC1. The quantitative estimate of drug-likeness (QED) is 0.253. The number of piperazine rings is 2. The predicted octanol–water partition coefficient (Wildman–Crippen LogP) is 5.81. The fourth-order valence-corrected chi connectivity index (χ4v) is 8.42. The minimum absolute atomic E-state index is 0.225. The number of hydrogen-bond acceptors (Lipinski definition) is 13. The fraction of sp³-hybridized carbons (Fsp3) is 0.474. The second kappa shape index (κ2) is 14.6. The molecule has 1 unspecified atom stereocenters. The van der Waals surface area contributed by atoms with Crippen LogP contribution in [0.1, 0.15) is 68.0 Å². The van der Waals surface area contributed by atoms with E-state index in [-0.39, 0.29) is 18.8 Å². The third kappa shape index (κ3) is 7.59. The molecule has 7 rings (SSSR count). The lowest BCUT2D eigenvalue weighted by Crippen LogP contribution is -2.50. The number of rotatable bonds is 6. The number of carbonyl (C=O) groups is 2. The maximum absolute atomic E-state index is 12.9. The first-order chi connectivity index (χ1) is 25.4. The summed E-state index contributed by atoms with van der Waals surface area (Å²) >= 11 is 1.46. The van der Waals surface area contributed by atoms with Crippen LogP contribution in [0.5, 0.6) is 0 Å². The Balaban J connectivity index is 1.13. The maximum Gasteiger partial charge on any atom is 0.410 e. The number of fused-ring (bicyclic) bond motifs is 1. The molecule has 2 fully saturated rings. The Morgan fingerprint density at radius 1 is 0.981 bits per heavy atom. The van der Waals surface area contributed by atoms with E-state index < -0.39 is 11.0 Å². The van der Waals surface area contributed by atoms with Crippen molar-refractivity contribution in [3.8, 4) is 17.6 Å². The van der Waals surface area contributed by atoms with E-state index in [0.29, 0.717) is 80.3 Å². The maximum atomic E-state index is 12.9. The second-order valence-corrected chi connectivity index (χ2v) is 16.0. The normalized spacial score (nSPS) is 19.1. The van der Waals surface area contributed by atoms with Gasteiger partial charge in [0.1, 0.15) is 34.8 Å². The first kappa shape index (κ1) is 36.0. The number of aromatic nitrogens is 3. The van der Waals surface area contributed by atoms with Crippen molar-refractivity contribution >= 4 is 40.0 Å². The lowest BCUT2D eigenvalue weighted by atomic mass is 9.72. The van der Waals surface area contributed by atoms with Gasteiger partial charge in [0, 0.05) is 74.6 Å². The molecule has 5 heterocycles. The van der Waals surface area contributed by atoms with Gasteiger partial charge in [0.15, 0.2) is 0 Å². The number of thiophene rings is 1. The molecule has 278 valence electrons. The fourth-order valence-electron chi connectivity index (χ4n) is 7.22. The van der Waals surface area contributed by atoms with Crippen molar-refractivity contribution < 1.29 is 23.6 Å². The van der Waals surface area contributed by atoms with Crippen LogP contribution in [0.2, 0.25) is 0 Å². The van der Waals surface area contributed by atoms with Crippen LogP contribution in [0.4, 0.5) is 26.1 Å². The van der Waals surface area contributed by atoms with Crippen molar-refractivity contribution in [3.63, 3.8) is 0 Å². The summed E-state index contributed by atoms with van der Waals surface area (Å²) in [5, 5.41) is 14.9. The van der Waals surface area contributed by atoms with Crippen LogP contribution in [-0.2, 0) is 27.9 Å². The van der Waals surface area contributed by atoms with Crippen LogP contribution in [0, 0.1) is 11.3 Å². The Labute approximate surface area is 313 Å². The molecular formula is C38H45N9O5S. The number of carbonyl (C=O) groups excluding carboxylic acids is 2. The van der Waals surface area contributed by atoms with Crippen molar-refractivity contribution in [2.24, 2.45) is 0 Å². The molecule has 0 bridgehead atoms. The lowest BCUT2D eigenvalue weighted by molar-refractivity contribution is 0.0240. The van der Waals surface area contributed by atoms with Crippen molar-refractivity contribution in [2.75, 3.05) is 67.9 Å². The van der Waals surface area contributed by atoms with Crippen LogP contribution in [0.15, 0.2) is 47.0 Å². The highest BCUT2D eigenvalue weighted by atomic mass is 32.1. The zero-order chi connectivity index (χ0) is 37.3. The number of pyridine rings is 1. The van der Waals surface area contributed by atoms with Crippen molar-refractivity contribution in [1.82, 2.24) is 24.9 Å². The number of amides is 2. The summed E-state index contributed by atoms with van der Waals surface area (Å²) in [6, 6.07) is 15.9. The number of nitrogens with zero attached hydrogens (tertiary/aromatic N) is 8. The largest absolute Gasteiger partial charge is 0.445 e. The number of benzene rings is 1. The summed E-state index contributed by atoms with van der Waals surface area (Å²) in [5.74, 6) is 1.49. The first-order valence-electron chi connectivity index (χ1n) is 18.0. The van der Waals surface area contributed by atoms with E-state index in [2.05, 4.69) is 21.0 Å². The molecule has 0 saturated carbocycles. The van der Waals surface area contributed by atoms with E-state index >= 15 is 0 Å². The molecular weight excluding hydrogens is 695 g/mol. The molecule has 1 atom stereocenters. The number of nitriles is 1. The van der Waals surface area contributed by atoms with E-state index in [4.69, 9.17) is 29.7 Å². The minimum atomic E-state index is -0.665. The van der Waals surface area contributed by atoms with Gasteiger partial charge in [0.25, 0.3) is 0 Å². The van der Waals surface area contributed by atoms with Gasteiger partial charge in [-0.15, -0.1) is 11.3 Å². The summed E-state index contributed by atoms with van der Waals surface area (Å²) in [5.41, 5.74) is 8.79. The van der Waals surface area contributed by atoms with Gasteiger partial charge >= 0.3 is 12.2 Å². The smallest absolute Gasteiger partial charge is 0.410 e. The zero-order valence-electron chi connectivity index (χ0n) is 30.6. The number of ether oxygens (including phenoxy) is 2. The standard InChI is InChI=1S/C38H45N9O5S/c1-37(2,3)51-36(49)47-19-15-45(16-20-47)30-22-26(44-13-17-46(18-14-44)35(48)50-24-25-9-6-5-7-10-25)21-28(41-30)33-42-34(52-43-33)38(4)12-8-11-29-31(38)27(23-39)32(40)53-29/h5-7,9-10,21-22H,8,11-20,24,40H2,1-4H3. The van der Waals surface area contributed by atoms with Crippen LogP contribution in [0.3, 0.4) is 0 Å². The van der Waals surface area contributed by atoms with E-state index in [1.807, 2.05) is 70.2 Å². The third-order valence-corrected chi connectivity index (χ3v) is 11.1. The number of nitrogens with two attached hydrogens (primary N) is 1. The van der Waals surface area contributed by atoms with Gasteiger partial charge in [-0.05, 0) is 58.6 Å². The van der Waals surface area contributed by atoms with Crippen molar-refractivity contribution in [3.05, 3.63) is 69.9 Å². The molecule has 4 aromatic rings. The van der Waals surface area contributed by atoms with E-state index in [1.54, 1.807) is 9.80 Å². The second-order valence-electron chi connectivity index (χ2n) is 14.9. The monoisotopic (exact) mass is 739 g/mol. The molecule has 3 aliphatic rings. The summed E-state index contributed by atoms with van der Waals surface area (Å²) in [6.45, 7) is 12.1. The van der Waals surface area contributed by atoms with Gasteiger partial charge in [-0.3, -0.25) is 0 Å². The Kier molecular flexibility index (Phi) is 9.91. The summed E-state index contributed by atoms with van der Waals surface area (Å²) in [7, 11) is 0. The molecule has 2 aliphatic heterocycles. The minimum Gasteiger partial charge on any atom is -0.445 e. The Hall–Kier alpha value is -5.36. The zero-order valence-corrected chi connectivity index (χ0v) is 31.4. The van der Waals surface area contributed by atoms with Crippen LogP contribution < -0.4 is 15.5 Å². The number of nitrogen functional groups attached to an aromatic ring is 1. The van der Waals surface area contributed by atoms with Gasteiger partial charge in [0.2, 0.25) is 11.7 Å². The highest BCUT2D eigenvalue weighted by Crippen LogP contribution is 2.48. The molecule has 0 radical (unpaired) electrons. The topological polar surface area (TPSA) is 167 Å². The summed E-state index contributed by atoms with van der Waals surface area (Å²) < 4.78 is 17.2. The predicted molar refractivity (Wildman–Crippen MR) is 201 cm³/mol. The molecule has 1 aromatic carbocycles. The van der Waals surface area contributed by atoms with Gasteiger partial charge in [-0.25, -0.2) is 14.6 Å². The lowest BCUT2D eigenvalue weighted by Gasteiger charge is -2.38. The van der Waals surface area contributed by atoms with Gasteiger partial charge in [-0.1, -0.05) is 35.5 Å². The first-order valence-corrected chi connectivity index (χ1v) is 18.9. The molecule has 2 saturated heterocycles. The van der Waals surface area contributed by atoms with Crippen LogP contribution in [0.25, 0.3) is 11.5 Å². The van der Waals surface area contributed by atoms with Gasteiger partial charge < -0.3 is 39.3 Å². The number of anilines is 3. The van der Waals surface area contributed by atoms with Crippen molar-refractivity contribution in [2.45, 2.75) is 64.6 Å². The Morgan fingerprint density at radius 2 is 1.66 bits per heavy atom. The number of aryl methyl sites for hydroxylation is 1. The van der Waals surface area contributed by atoms with E-state index in [0.717, 1.165) is 46.8 Å². The van der Waals surface area contributed by atoms with Gasteiger partial charge in [0.05, 0.1) is 11.0 Å². The average molecular weight is 740 g/mol. The van der Waals surface area contributed by atoms with Crippen LogP contribution in [-0.4, -0.2) is 95.1 Å². The van der Waals surface area contributed by atoms with Crippen molar-refractivity contribution in [1.29, 1.82) is 5.26 Å². The summed E-state index contributed by atoms with van der Waals surface area (Å²) in [4.78, 5) is 44.6. The summed E-state index contributed by atoms with van der Waals surface area (Å²) in [6.07, 6.45) is 1.84. The molecule has 15 heteroatoms. The highest BCUT2D eigenvalue weighted by Gasteiger charge is 2.43. The Morgan fingerprint density at radius 3 is 2.34 bits per heavy atom. The van der Waals surface area contributed by atoms with E-state index in [9.17, 15) is 14.9 Å². The highest BCUT2D eigenvalue weighted by molar-refractivity contribution is 7.16.